The van der Waals surface area contributed by atoms with Crippen molar-refractivity contribution in [1.29, 1.82) is 0 Å². The van der Waals surface area contributed by atoms with Gasteiger partial charge in [0.25, 0.3) is 5.91 Å². The molecule has 19 heavy (non-hydrogen) atoms. The molecule has 0 saturated carbocycles. The van der Waals surface area contributed by atoms with Crippen molar-refractivity contribution in [2.45, 2.75) is 13.5 Å². The van der Waals surface area contributed by atoms with Gasteiger partial charge in [0.15, 0.2) is 5.69 Å². The molecule has 2 aromatic rings. The highest BCUT2D eigenvalue weighted by Gasteiger charge is 2.18. The number of hydrogen-bond acceptors (Lipinski definition) is 3. The highest BCUT2D eigenvalue weighted by atomic mass is 16.2. The minimum absolute atomic E-state index is 0.167. The summed E-state index contributed by atoms with van der Waals surface area (Å²) >= 11 is 0. The summed E-state index contributed by atoms with van der Waals surface area (Å²) in [6, 6.07) is 8.07. The first-order valence-corrected chi connectivity index (χ1v) is 6.07. The van der Waals surface area contributed by atoms with Crippen LogP contribution in [-0.4, -0.2) is 27.6 Å². The Morgan fingerprint density at radius 3 is 2.79 bits per heavy atom. The maximum absolute atomic E-state index is 12.2. The summed E-state index contributed by atoms with van der Waals surface area (Å²) in [5.74, 6) is -0.167. The molecule has 0 spiro atoms. The molecule has 2 rings (SSSR count). The highest BCUT2D eigenvalue weighted by molar-refractivity contribution is 5.96. The van der Waals surface area contributed by atoms with Crippen molar-refractivity contribution < 1.29 is 4.79 Å². The van der Waals surface area contributed by atoms with Gasteiger partial charge >= 0.3 is 0 Å². The van der Waals surface area contributed by atoms with Gasteiger partial charge in [0.1, 0.15) is 0 Å². The molecule has 0 bridgehead atoms. The van der Waals surface area contributed by atoms with Crippen LogP contribution in [0.15, 0.2) is 30.5 Å². The summed E-state index contributed by atoms with van der Waals surface area (Å²) in [5.41, 5.74) is 8.74. The van der Waals surface area contributed by atoms with Gasteiger partial charge in [-0.05, 0) is 12.5 Å². The van der Waals surface area contributed by atoms with E-state index < -0.39 is 0 Å². The molecule has 1 amide bonds. The number of nitrogens with zero attached hydrogens (tertiary/aromatic N) is 3. The third-order valence-corrected chi connectivity index (χ3v) is 2.91. The van der Waals surface area contributed by atoms with Crippen LogP contribution < -0.4 is 5.73 Å². The lowest BCUT2D eigenvalue weighted by Gasteiger charge is -2.16. The van der Waals surface area contributed by atoms with Crippen LogP contribution in [0, 0.1) is 6.92 Å². The van der Waals surface area contributed by atoms with Crippen molar-refractivity contribution in [1.82, 2.24) is 14.7 Å². The van der Waals surface area contributed by atoms with E-state index in [1.807, 2.05) is 25.1 Å². The third kappa shape index (κ3) is 2.93. The van der Waals surface area contributed by atoms with Crippen LogP contribution in [0.3, 0.4) is 0 Å². The Kier molecular flexibility index (Phi) is 3.55. The molecular weight excluding hydrogens is 240 g/mol. The first-order valence-electron chi connectivity index (χ1n) is 6.07. The predicted octanol–water partition coefficient (Wildman–Crippen LogP) is 1.58. The Labute approximate surface area is 112 Å². The zero-order valence-corrected chi connectivity index (χ0v) is 11.4. The van der Waals surface area contributed by atoms with Crippen molar-refractivity contribution in [3.63, 3.8) is 0 Å². The molecule has 2 N–H and O–H groups in total. The van der Waals surface area contributed by atoms with Crippen LogP contribution in [0.2, 0.25) is 0 Å². The summed E-state index contributed by atoms with van der Waals surface area (Å²) < 4.78 is 1.54. The van der Waals surface area contributed by atoms with Gasteiger partial charge in [-0.1, -0.05) is 29.8 Å². The molecule has 1 heterocycles. The summed E-state index contributed by atoms with van der Waals surface area (Å²) in [7, 11) is 3.49. The summed E-state index contributed by atoms with van der Waals surface area (Å²) in [4.78, 5) is 13.9. The number of nitrogens with two attached hydrogens (primary N) is 1. The minimum Gasteiger partial charge on any atom is -0.396 e. The average molecular weight is 258 g/mol. The molecule has 0 aliphatic rings. The summed E-state index contributed by atoms with van der Waals surface area (Å²) in [5, 5.41) is 4.09. The van der Waals surface area contributed by atoms with Gasteiger partial charge in [-0.3, -0.25) is 9.48 Å². The van der Waals surface area contributed by atoms with Crippen LogP contribution in [0.25, 0.3) is 0 Å². The number of aryl methyl sites for hydroxylation is 2. The zero-order chi connectivity index (χ0) is 14.0. The fraction of sp³-hybridized carbons (Fsp3) is 0.286. The second kappa shape index (κ2) is 5.14. The van der Waals surface area contributed by atoms with Gasteiger partial charge < -0.3 is 10.6 Å². The molecule has 100 valence electrons. The number of anilines is 1. The van der Waals surface area contributed by atoms with E-state index in [2.05, 4.69) is 11.2 Å². The van der Waals surface area contributed by atoms with E-state index in [9.17, 15) is 4.79 Å². The van der Waals surface area contributed by atoms with Crippen molar-refractivity contribution in [2.24, 2.45) is 7.05 Å². The molecule has 0 aliphatic heterocycles. The number of amides is 1. The standard InChI is InChI=1S/C14H18N4O/c1-10-5-4-6-11(7-10)8-17(2)14(19)13-12(15)9-18(3)16-13/h4-7,9H,8,15H2,1-3H3. The summed E-state index contributed by atoms with van der Waals surface area (Å²) in [6.07, 6.45) is 1.63. The SMILES string of the molecule is Cc1cccc(CN(C)C(=O)c2nn(C)cc2N)c1. The first-order chi connectivity index (χ1) is 8.97. The largest absolute Gasteiger partial charge is 0.396 e. The molecule has 0 radical (unpaired) electrons. The maximum atomic E-state index is 12.2. The fourth-order valence-electron chi connectivity index (χ4n) is 2.01. The average Bonchev–Trinajstić information content (AvgIpc) is 2.67. The second-order valence-electron chi connectivity index (χ2n) is 4.76. The van der Waals surface area contributed by atoms with Crippen LogP contribution >= 0.6 is 0 Å². The van der Waals surface area contributed by atoms with E-state index in [-0.39, 0.29) is 5.91 Å². The van der Waals surface area contributed by atoms with Crippen LogP contribution in [0.4, 0.5) is 5.69 Å². The van der Waals surface area contributed by atoms with Gasteiger partial charge in [-0.2, -0.15) is 5.10 Å². The molecule has 1 aromatic carbocycles. The van der Waals surface area contributed by atoms with Crippen molar-refractivity contribution in [2.75, 3.05) is 12.8 Å². The van der Waals surface area contributed by atoms with Gasteiger partial charge in [-0.15, -0.1) is 0 Å². The highest BCUT2D eigenvalue weighted by Crippen LogP contribution is 2.13. The summed E-state index contributed by atoms with van der Waals surface area (Å²) in [6.45, 7) is 2.57. The van der Waals surface area contributed by atoms with Crippen molar-refractivity contribution in [3.8, 4) is 0 Å². The Morgan fingerprint density at radius 2 is 2.21 bits per heavy atom. The number of aromatic nitrogens is 2. The van der Waals surface area contributed by atoms with Gasteiger partial charge in [-0.25, -0.2) is 0 Å². The monoisotopic (exact) mass is 258 g/mol. The van der Waals surface area contributed by atoms with E-state index in [1.165, 1.54) is 5.56 Å². The number of benzene rings is 1. The lowest BCUT2D eigenvalue weighted by Crippen LogP contribution is -2.27. The number of carbonyl (C=O) groups excluding carboxylic acids is 1. The Balaban J connectivity index is 2.14. The fourth-order valence-corrected chi connectivity index (χ4v) is 2.01. The van der Waals surface area contributed by atoms with Gasteiger partial charge in [0.2, 0.25) is 0 Å². The molecule has 0 unspecified atom stereocenters. The Bertz CT molecular complexity index is 603. The molecular formula is C14H18N4O. The normalized spacial score (nSPS) is 10.5. The van der Waals surface area contributed by atoms with Gasteiger partial charge in [0.05, 0.1) is 5.69 Å². The second-order valence-corrected chi connectivity index (χ2v) is 4.76. The third-order valence-electron chi connectivity index (χ3n) is 2.91. The Hall–Kier alpha value is -2.30. The molecule has 0 saturated heterocycles. The quantitative estimate of drug-likeness (QED) is 0.909. The van der Waals surface area contributed by atoms with Crippen LogP contribution in [-0.2, 0) is 13.6 Å². The number of hydrogen-bond donors (Lipinski definition) is 1. The lowest BCUT2D eigenvalue weighted by atomic mass is 10.1. The lowest BCUT2D eigenvalue weighted by molar-refractivity contribution is 0.0779. The predicted molar refractivity (Wildman–Crippen MR) is 74.6 cm³/mol. The number of rotatable bonds is 3. The van der Waals surface area contributed by atoms with Crippen molar-refractivity contribution in [3.05, 3.63) is 47.3 Å². The van der Waals surface area contributed by atoms with Gasteiger partial charge in [0, 0.05) is 26.8 Å². The number of carbonyl (C=O) groups is 1. The Morgan fingerprint density at radius 1 is 1.47 bits per heavy atom. The molecule has 1 aromatic heterocycles. The zero-order valence-electron chi connectivity index (χ0n) is 11.4. The van der Waals surface area contributed by atoms with Crippen molar-refractivity contribution >= 4 is 11.6 Å². The minimum atomic E-state index is -0.167. The van der Waals surface area contributed by atoms with E-state index in [0.717, 1.165) is 5.56 Å². The van der Waals surface area contributed by atoms with E-state index >= 15 is 0 Å². The van der Waals surface area contributed by atoms with E-state index in [0.29, 0.717) is 17.9 Å². The van der Waals surface area contributed by atoms with E-state index in [1.54, 1.807) is 29.9 Å². The maximum Gasteiger partial charge on any atom is 0.276 e. The topological polar surface area (TPSA) is 64.2 Å². The molecule has 0 fully saturated rings. The molecule has 5 nitrogen and oxygen atoms in total. The molecule has 0 aliphatic carbocycles. The van der Waals surface area contributed by atoms with Crippen LogP contribution in [0.5, 0.6) is 0 Å². The first kappa shape index (κ1) is 13.1. The molecule has 5 heteroatoms. The number of nitrogen functional groups attached to an aromatic ring is 1. The smallest absolute Gasteiger partial charge is 0.276 e. The van der Waals surface area contributed by atoms with Crippen LogP contribution in [0.1, 0.15) is 21.6 Å². The van der Waals surface area contributed by atoms with E-state index in [4.69, 9.17) is 5.73 Å². The molecule has 0 atom stereocenters.